The summed E-state index contributed by atoms with van der Waals surface area (Å²) in [7, 11) is 0. The fourth-order valence-corrected chi connectivity index (χ4v) is 1.44. The van der Waals surface area contributed by atoms with Gasteiger partial charge >= 0.3 is 0 Å². The molecule has 0 saturated heterocycles. The Labute approximate surface area is 82.7 Å². The third-order valence-corrected chi connectivity index (χ3v) is 2.08. The van der Waals surface area contributed by atoms with Crippen molar-refractivity contribution in [3.05, 3.63) is 23.1 Å². The molecule has 0 spiro atoms. The van der Waals surface area contributed by atoms with Crippen molar-refractivity contribution in [2.75, 3.05) is 0 Å². The van der Waals surface area contributed by atoms with Gasteiger partial charge in [0, 0.05) is 13.1 Å². The molecule has 2 aromatic heterocycles. The van der Waals surface area contributed by atoms with Crippen LogP contribution in [-0.2, 0) is 0 Å². The van der Waals surface area contributed by atoms with Crippen molar-refractivity contribution in [1.82, 2.24) is 14.5 Å². The minimum absolute atomic E-state index is 0.0633. The molecule has 0 fully saturated rings. The zero-order valence-corrected chi connectivity index (χ0v) is 8.45. The molecular weight excluding hydrogens is 234 g/mol. The molecule has 2 aromatic rings. The molecule has 0 aliphatic heterocycles. The summed E-state index contributed by atoms with van der Waals surface area (Å²) in [6.07, 6.45) is 3.24. The molecular formula is C8H6BrN3O. The Morgan fingerprint density at radius 1 is 1.62 bits per heavy atom. The maximum Gasteiger partial charge on any atom is 0.229 e. The van der Waals surface area contributed by atoms with E-state index in [4.69, 9.17) is 0 Å². The van der Waals surface area contributed by atoms with Gasteiger partial charge in [-0.05, 0) is 22.0 Å². The molecule has 0 N–H and O–H groups in total. The summed E-state index contributed by atoms with van der Waals surface area (Å²) < 4.78 is 2.13. The molecule has 2 rings (SSSR count). The average molecular weight is 240 g/mol. The van der Waals surface area contributed by atoms with E-state index in [1.165, 1.54) is 11.5 Å². The van der Waals surface area contributed by atoms with E-state index in [0.717, 1.165) is 0 Å². The second-order valence-corrected chi connectivity index (χ2v) is 3.42. The summed E-state index contributed by atoms with van der Waals surface area (Å²) >= 11 is 3.21. The normalized spacial score (nSPS) is 10.6. The summed E-state index contributed by atoms with van der Waals surface area (Å²) in [5, 5.41) is 0. The maximum absolute atomic E-state index is 11.1. The molecule has 0 bridgehead atoms. The molecule has 0 amide bonds. The monoisotopic (exact) mass is 239 g/mol. The van der Waals surface area contributed by atoms with Crippen LogP contribution in [0.2, 0.25) is 0 Å². The van der Waals surface area contributed by atoms with Gasteiger partial charge in [-0.25, -0.2) is 9.97 Å². The molecule has 0 unspecified atom stereocenters. The largest absolute Gasteiger partial charge is 0.274 e. The van der Waals surface area contributed by atoms with Crippen LogP contribution >= 0.6 is 15.9 Å². The minimum Gasteiger partial charge on any atom is -0.274 e. The van der Waals surface area contributed by atoms with Gasteiger partial charge in [0.1, 0.15) is 10.1 Å². The molecule has 0 radical (unpaired) electrons. The standard InChI is InChI=1S/C8H6BrN3O/c1-5(13)12-3-2-6-8(12)10-4-7(9)11-6/h2-4H,1H3. The van der Waals surface area contributed by atoms with Crippen molar-refractivity contribution >= 4 is 33.0 Å². The predicted octanol–water partition coefficient (Wildman–Crippen LogP) is 1.85. The number of halogens is 1. The lowest BCUT2D eigenvalue weighted by atomic mass is 10.5. The van der Waals surface area contributed by atoms with Gasteiger partial charge in [-0.3, -0.25) is 9.36 Å². The van der Waals surface area contributed by atoms with Crippen LogP contribution in [0.1, 0.15) is 11.7 Å². The Balaban J connectivity index is 2.76. The topological polar surface area (TPSA) is 47.8 Å². The number of carbonyl (C=O) groups is 1. The third kappa shape index (κ3) is 1.35. The van der Waals surface area contributed by atoms with E-state index >= 15 is 0 Å². The number of carbonyl (C=O) groups excluding carboxylic acids is 1. The van der Waals surface area contributed by atoms with Crippen LogP contribution in [-0.4, -0.2) is 20.4 Å². The molecule has 5 heteroatoms. The SMILES string of the molecule is CC(=O)n1ccc2nc(Br)cnc21. The van der Waals surface area contributed by atoms with E-state index < -0.39 is 0 Å². The van der Waals surface area contributed by atoms with Crippen molar-refractivity contribution in [3.63, 3.8) is 0 Å². The Kier molecular flexibility index (Phi) is 1.88. The second-order valence-electron chi connectivity index (χ2n) is 2.61. The highest BCUT2D eigenvalue weighted by Gasteiger charge is 2.06. The van der Waals surface area contributed by atoms with E-state index in [-0.39, 0.29) is 5.91 Å². The fourth-order valence-electron chi connectivity index (χ4n) is 1.14. The van der Waals surface area contributed by atoms with Gasteiger partial charge in [-0.2, -0.15) is 0 Å². The zero-order valence-electron chi connectivity index (χ0n) is 6.86. The molecule has 13 heavy (non-hydrogen) atoms. The maximum atomic E-state index is 11.1. The number of nitrogens with zero attached hydrogens (tertiary/aromatic N) is 3. The van der Waals surface area contributed by atoms with Crippen molar-refractivity contribution in [2.45, 2.75) is 6.92 Å². The second kappa shape index (κ2) is 2.92. The van der Waals surface area contributed by atoms with Gasteiger partial charge in [0.25, 0.3) is 0 Å². The first-order valence-electron chi connectivity index (χ1n) is 3.69. The number of hydrogen-bond donors (Lipinski definition) is 0. The summed E-state index contributed by atoms with van der Waals surface area (Å²) in [4.78, 5) is 19.3. The fraction of sp³-hybridized carbons (Fsp3) is 0.125. The highest BCUT2D eigenvalue weighted by Crippen LogP contribution is 2.13. The van der Waals surface area contributed by atoms with Crippen molar-refractivity contribution in [1.29, 1.82) is 0 Å². The first kappa shape index (κ1) is 8.37. The van der Waals surface area contributed by atoms with Crippen LogP contribution in [0.5, 0.6) is 0 Å². The van der Waals surface area contributed by atoms with E-state index in [2.05, 4.69) is 25.9 Å². The lowest BCUT2D eigenvalue weighted by Gasteiger charge is -1.96. The number of fused-ring (bicyclic) bond motifs is 1. The molecule has 0 aromatic carbocycles. The van der Waals surface area contributed by atoms with Crippen molar-refractivity contribution < 1.29 is 4.79 Å². The van der Waals surface area contributed by atoms with Gasteiger partial charge in [0.05, 0.1) is 6.20 Å². The summed E-state index contributed by atoms with van der Waals surface area (Å²) in [5.41, 5.74) is 1.31. The molecule has 0 aliphatic rings. The van der Waals surface area contributed by atoms with E-state index in [1.54, 1.807) is 18.5 Å². The number of hydrogen-bond acceptors (Lipinski definition) is 3. The Morgan fingerprint density at radius 2 is 2.38 bits per heavy atom. The van der Waals surface area contributed by atoms with Gasteiger partial charge in [-0.15, -0.1) is 0 Å². The molecule has 4 nitrogen and oxygen atoms in total. The van der Waals surface area contributed by atoms with Crippen LogP contribution in [0, 0.1) is 0 Å². The third-order valence-electron chi connectivity index (χ3n) is 1.70. The van der Waals surface area contributed by atoms with Gasteiger partial charge in [0.2, 0.25) is 5.91 Å². The van der Waals surface area contributed by atoms with Crippen molar-refractivity contribution in [2.24, 2.45) is 0 Å². The average Bonchev–Trinajstić information content (AvgIpc) is 2.46. The van der Waals surface area contributed by atoms with Crippen LogP contribution in [0.15, 0.2) is 23.1 Å². The van der Waals surface area contributed by atoms with Gasteiger partial charge in [0.15, 0.2) is 5.65 Å². The van der Waals surface area contributed by atoms with E-state index in [9.17, 15) is 4.79 Å². The highest BCUT2D eigenvalue weighted by atomic mass is 79.9. The summed E-state index contributed by atoms with van der Waals surface area (Å²) in [6, 6.07) is 1.76. The van der Waals surface area contributed by atoms with E-state index in [0.29, 0.717) is 15.8 Å². The van der Waals surface area contributed by atoms with Gasteiger partial charge < -0.3 is 0 Å². The van der Waals surface area contributed by atoms with Crippen LogP contribution in [0.4, 0.5) is 0 Å². The Hall–Kier alpha value is -1.23. The lowest BCUT2D eigenvalue weighted by Crippen LogP contribution is -2.04. The highest BCUT2D eigenvalue weighted by molar-refractivity contribution is 9.10. The summed E-state index contributed by atoms with van der Waals surface area (Å²) in [6.45, 7) is 1.49. The zero-order chi connectivity index (χ0) is 9.42. The first-order valence-corrected chi connectivity index (χ1v) is 4.48. The molecule has 66 valence electrons. The quantitative estimate of drug-likeness (QED) is 0.706. The smallest absolute Gasteiger partial charge is 0.229 e. The Bertz CT molecular complexity index is 477. The number of aromatic nitrogens is 3. The predicted molar refractivity (Wildman–Crippen MR) is 51.5 cm³/mol. The molecule has 0 atom stereocenters. The minimum atomic E-state index is -0.0633. The first-order chi connectivity index (χ1) is 6.18. The van der Waals surface area contributed by atoms with E-state index in [1.807, 2.05) is 0 Å². The molecule has 0 aliphatic carbocycles. The van der Waals surface area contributed by atoms with Crippen LogP contribution < -0.4 is 0 Å². The van der Waals surface area contributed by atoms with Crippen LogP contribution in [0.3, 0.4) is 0 Å². The number of rotatable bonds is 0. The van der Waals surface area contributed by atoms with Crippen molar-refractivity contribution in [3.8, 4) is 0 Å². The summed E-state index contributed by atoms with van der Waals surface area (Å²) in [5.74, 6) is -0.0633. The van der Waals surface area contributed by atoms with Gasteiger partial charge in [-0.1, -0.05) is 0 Å². The molecule has 2 heterocycles. The lowest BCUT2D eigenvalue weighted by molar-refractivity contribution is 0.0941. The Morgan fingerprint density at radius 3 is 3.08 bits per heavy atom. The molecule has 0 saturated carbocycles. The van der Waals surface area contributed by atoms with Crippen LogP contribution in [0.25, 0.3) is 11.2 Å².